The Bertz CT molecular complexity index is 1050. The van der Waals surface area contributed by atoms with Gasteiger partial charge in [0.05, 0.1) is 17.6 Å². The maximum atomic E-state index is 12.8. The molecule has 0 saturated heterocycles. The third kappa shape index (κ3) is 4.87. The standard InChI is InChI=1S/C27H33N3O2/c1-3-4-5-6-7-8-11-18-32-25-15-14-24-26(29-25)21(19-28-24)16-17-30-20(2)22-12-9-10-13-23(22)27(30)31/h9-10,12-15,19,28H,2-8,11,16-18H2,1H3. The average Bonchev–Trinajstić information content (AvgIpc) is 3.33. The number of hydrogen-bond acceptors (Lipinski definition) is 3. The smallest absolute Gasteiger partial charge is 0.258 e. The minimum atomic E-state index is 0.0251. The van der Waals surface area contributed by atoms with Gasteiger partial charge in [0.2, 0.25) is 5.88 Å². The van der Waals surface area contributed by atoms with Gasteiger partial charge in [0.1, 0.15) is 0 Å². The molecule has 1 aromatic carbocycles. The lowest BCUT2D eigenvalue weighted by Crippen LogP contribution is -2.25. The molecule has 0 atom stereocenters. The van der Waals surface area contributed by atoms with Gasteiger partial charge in [-0.15, -0.1) is 0 Å². The number of fused-ring (bicyclic) bond motifs is 2. The van der Waals surface area contributed by atoms with Crippen molar-refractivity contribution in [2.75, 3.05) is 13.2 Å². The molecule has 0 bridgehead atoms. The summed E-state index contributed by atoms with van der Waals surface area (Å²) in [5, 5.41) is 0. The molecule has 1 N–H and O–H groups in total. The first-order valence-electron chi connectivity index (χ1n) is 11.9. The lowest BCUT2D eigenvalue weighted by molar-refractivity contribution is 0.0852. The van der Waals surface area contributed by atoms with Gasteiger partial charge in [-0.3, -0.25) is 4.79 Å². The molecule has 0 saturated carbocycles. The van der Waals surface area contributed by atoms with Crippen molar-refractivity contribution < 1.29 is 9.53 Å². The number of rotatable bonds is 12. The van der Waals surface area contributed by atoms with Gasteiger partial charge in [0.25, 0.3) is 5.91 Å². The van der Waals surface area contributed by atoms with E-state index in [1.165, 1.54) is 38.5 Å². The van der Waals surface area contributed by atoms with Crippen LogP contribution >= 0.6 is 0 Å². The molecule has 5 heteroatoms. The maximum absolute atomic E-state index is 12.8. The SMILES string of the molecule is C=C1c2ccccc2C(=O)N1CCc1c[nH]c2ccc(OCCCCCCCCC)nc12. The number of carbonyl (C=O) groups excluding carboxylic acids is 1. The second kappa shape index (κ2) is 10.5. The van der Waals surface area contributed by atoms with Crippen LogP contribution in [0.3, 0.4) is 0 Å². The number of amides is 1. The summed E-state index contributed by atoms with van der Waals surface area (Å²) < 4.78 is 5.92. The highest BCUT2D eigenvalue weighted by atomic mass is 16.5. The van der Waals surface area contributed by atoms with Gasteiger partial charge in [0, 0.05) is 35.6 Å². The van der Waals surface area contributed by atoms with Crippen LogP contribution in [0.25, 0.3) is 16.7 Å². The normalized spacial score (nSPS) is 13.2. The van der Waals surface area contributed by atoms with Gasteiger partial charge in [-0.1, -0.05) is 70.2 Å². The van der Waals surface area contributed by atoms with Crippen molar-refractivity contribution in [3.05, 3.63) is 65.9 Å². The molecule has 3 heterocycles. The summed E-state index contributed by atoms with van der Waals surface area (Å²) in [4.78, 5) is 22.5. The summed E-state index contributed by atoms with van der Waals surface area (Å²) >= 11 is 0. The molecule has 1 aliphatic heterocycles. The minimum Gasteiger partial charge on any atom is -0.478 e. The molecule has 5 nitrogen and oxygen atoms in total. The van der Waals surface area contributed by atoms with E-state index in [2.05, 4.69) is 18.5 Å². The molecule has 168 valence electrons. The quantitative estimate of drug-likeness (QED) is 0.339. The number of aromatic nitrogens is 2. The van der Waals surface area contributed by atoms with Crippen molar-refractivity contribution in [3.8, 4) is 5.88 Å². The number of nitrogens with zero attached hydrogens (tertiary/aromatic N) is 2. The number of H-pyrrole nitrogens is 1. The first kappa shape index (κ1) is 22.1. The number of nitrogens with one attached hydrogen (secondary N) is 1. The lowest BCUT2D eigenvalue weighted by atomic mass is 10.1. The van der Waals surface area contributed by atoms with Crippen LogP contribution in [0.5, 0.6) is 5.88 Å². The summed E-state index contributed by atoms with van der Waals surface area (Å²) in [7, 11) is 0. The highest BCUT2D eigenvalue weighted by Gasteiger charge is 2.30. The van der Waals surface area contributed by atoms with Gasteiger partial charge >= 0.3 is 0 Å². The molecule has 0 unspecified atom stereocenters. The predicted molar refractivity (Wildman–Crippen MR) is 130 cm³/mol. The van der Waals surface area contributed by atoms with E-state index >= 15 is 0 Å². The van der Waals surface area contributed by atoms with Crippen LogP contribution in [-0.4, -0.2) is 33.9 Å². The zero-order valence-electron chi connectivity index (χ0n) is 19.0. The topological polar surface area (TPSA) is 58.2 Å². The van der Waals surface area contributed by atoms with Crippen molar-refractivity contribution in [2.45, 2.75) is 58.3 Å². The Morgan fingerprint density at radius 3 is 2.53 bits per heavy atom. The second-order valence-electron chi connectivity index (χ2n) is 8.53. The highest BCUT2D eigenvalue weighted by molar-refractivity contribution is 6.08. The molecule has 1 aliphatic rings. The van der Waals surface area contributed by atoms with E-state index < -0.39 is 0 Å². The van der Waals surface area contributed by atoms with Gasteiger partial charge < -0.3 is 14.6 Å². The Morgan fingerprint density at radius 2 is 1.75 bits per heavy atom. The number of hydrogen-bond donors (Lipinski definition) is 1. The van der Waals surface area contributed by atoms with Crippen LogP contribution in [0.2, 0.25) is 0 Å². The highest BCUT2D eigenvalue weighted by Crippen LogP contribution is 2.31. The van der Waals surface area contributed by atoms with Gasteiger partial charge in [-0.2, -0.15) is 0 Å². The monoisotopic (exact) mass is 431 g/mol. The summed E-state index contributed by atoms with van der Waals surface area (Å²) in [6.07, 6.45) is 11.5. The first-order valence-corrected chi connectivity index (χ1v) is 11.9. The third-order valence-corrected chi connectivity index (χ3v) is 6.22. The fourth-order valence-corrected chi connectivity index (χ4v) is 4.35. The number of aromatic amines is 1. The summed E-state index contributed by atoms with van der Waals surface area (Å²) in [6.45, 7) is 7.65. The molecule has 1 amide bonds. The Kier molecular flexibility index (Phi) is 7.25. The third-order valence-electron chi connectivity index (χ3n) is 6.22. The Morgan fingerprint density at radius 1 is 1.00 bits per heavy atom. The van der Waals surface area contributed by atoms with E-state index in [0.717, 1.165) is 39.8 Å². The van der Waals surface area contributed by atoms with E-state index in [1.54, 1.807) is 4.90 Å². The van der Waals surface area contributed by atoms with Gasteiger partial charge in [-0.25, -0.2) is 4.98 Å². The van der Waals surface area contributed by atoms with E-state index in [0.29, 0.717) is 25.5 Å². The number of unbranched alkanes of at least 4 members (excludes halogenated alkanes) is 6. The molecule has 2 aromatic heterocycles. The van der Waals surface area contributed by atoms with E-state index in [4.69, 9.17) is 9.72 Å². The number of ether oxygens (including phenoxy) is 1. The summed E-state index contributed by atoms with van der Waals surface area (Å²) in [5.41, 5.74) is 5.41. The second-order valence-corrected chi connectivity index (χ2v) is 8.53. The van der Waals surface area contributed by atoms with Crippen LogP contribution in [0.1, 0.15) is 73.4 Å². The van der Waals surface area contributed by atoms with Crippen LogP contribution in [0.15, 0.2) is 49.2 Å². The van der Waals surface area contributed by atoms with Crippen molar-refractivity contribution >= 4 is 22.6 Å². The summed E-state index contributed by atoms with van der Waals surface area (Å²) in [6, 6.07) is 11.6. The average molecular weight is 432 g/mol. The fraction of sp³-hybridized carbons (Fsp3) is 0.407. The van der Waals surface area contributed by atoms with Crippen molar-refractivity contribution in [2.24, 2.45) is 0 Å². The van der Waals surface area contributed by atoms with Crippen molar-refractivity contribution in [1.82, 2.24) is 14.9 Å². The molecule has 32 heavy (non-hydrogen) atoms. The number of benzene rings is 1. The van der Waals surface area contributed by atoms with Crippen molar-refractivity contribution in [1.29, 1.82) is 0 Å². The Balaban J connectivity index is 1.31. The predicted octanol–water partition coefficient (Wildman–Crippen LogP) is 6.36. The van der Waals surface area contributed by atoms with E-state index in [9.17, 15) is 4.79 Å². The van der Waals surface area contributed by atoms with E-state index in [1.807, 2.05) is 42.6 Å². The van der Waals surface area contributed by atoms with Crippen molar-refractivity contribution in [3.63, 3.8) is 0 Å². The summed E-state index contributed by atoms with van der Waals surface area (Å²) in [5.74, 6) is 0.690. The van der Waals surface area contributed by atoms with Crippen LogP contribution in [-0.2, 0) is 6.42 Å². The number of carbonyl (C=O) groups is 1. The molecular formula is C27H33N3O2. The largest absolute Gasteiger partial charge is 0.478 e. The molecule has 3 aromatic rings. The number of pyridine rings is 1. The first-order chi connectivity index (χ1) is 15.7. The Hall–Kier alpha value is -3.08. The van der Waals surface area contributed by atoms with Gasteiger partial charge in [0.15, 0.2) is 0 Å². The fourth-order valence-electron chi connectivity index (χ4n) is 4.35. The van der Waals surface area contributed by atoms with Gasteiger partial charge in [-0.05, 0) is 30.5 Å². The molecule has 0 fully saturated rings. The lowest BCUT2D eigenvalue weighted by Gasteiger charge is -2.17. The zero-order valence-corrected chi connectivity index (χ0v) is 19.0. The molecule has 0 radical (unpaired) electrons. The molecule has 0 spiro atoms. The maximum Gasteiger partial charge on any atom is 0.258 e. The molecule has 4 rings (SSSR count). The van der Waals surface area contributed by atoms with Crippen LogP contribution in [0.4, 0.5) is 0 Å². The molecule has 0 aliphatic carbocycles. The minimum absolute atomic E-state index is 0.0251. The zero-order chi connectivity index (χ0) is 22.3. The molecular weight excluding hydrogens is 398 g/mol. The van der Waals surface area contributed by atoms with E-state index in [-0.39, 0.29) is 5.91 Å². The Labute approximate surface area is 190 Å². The van der Waals surface area contributed by atoms with Crippen LogP contribution < -0.4 is 4.74 Å². The van der Waals surface area contributed by atoms with Crippen LogP contribution in [0, 0.1) is 0 Å².